The fourth-order valence-electron chi connectivity index (χ4n) is 1.57. The van der Waals surface area contributed by atoms with Crippen molar-refractivity contribution in [3.05, 3.63) is 18.6 Å². The van der Waals surface area contributed by atoms with Crippen LogP contribution in [0.4, 0.5) is 0 Å². The quantitative estimate of drug-likeness (QED) is 0.783. The van der Waals surface area contributed by atoms with Crippen LogP contribution in [0.1, 0.15) is 12.8 Å². The Morgan fingerprint density at radius 3 is 3.14 bits per heavy atom. The molecular weight excluding hydrogens is 198 g/mol. The number of aromatic nitrogens is 2. The van der Waals surface area contributed by atoms with Crippen LogP contribution >= 0.6 is 0 Å². The lowest BCUT2D eigenvalue weighted by molar-refractivity contribution is 0.641. The smallest absolute Gasteiger partial charge is 0.145 e. The predicted octanol–water partition coefficient (Wildman–Crippen LogP) is 0.336. The van der Waals surface area contributed by atoms with Crippen LogP contribution in [-0.2, 0) is 10.8 Å². The second kappa shape index (κ2) is 4.61. The average molecular weight is 211 g/mol. The maximum atomic E-state index is 11.8. The molecule has 1 saturated heterocycles. The van der Waals surface area contributed by atoms with E-state index in [1.165, 1.54) is 6.42 Å². The Bertz CT molecular complexity index is 311. The first kappa shape index (κ1) is 9.73. The third kappa shape index (κ3) is 2.36. The minimum absolute atomic E-state index is 0.387. The molecule has 0 spiro atoms. The summed E-state index contributed by atoms with van der Waals surface area (Å²) < 4.78 is 11.8. The summed E-state index contributed by atoms with van der Waals surface area (Å²) in [7, 11) is -1.01. The largest absolute Gasteiger partial charge is 0.313 e. The molecule has 1 aliphatic rings. The lowest BCUT2D eigenvalue weighted by Gasteiger charge is -2.08. The second-order valence-corrected chi connectivity index (χ2v) is 4.79. The topological polar surface area (TPSA) is 54.9 Å². The maximum Gasteiger partial charge on any atom is 0.145 e. The average Bonchev–Trinajstić information content (AvgIpc) is 2.72. The summed E-state index contributed by atoms with van der Waals surface area (Å²) in [5, 5.41) is 3.90. The molecule has 0 aromatic carbocycles. The molecular formula is C9H13N3OS. The Balaban J connectivity index is 1.95. The number of hydrogen-bond donors (Lipinski definition) is 1. The first-order chi connectivity index (χ1) is 6.86. The van der Waals surface area contributed by atoms with Crippen LogP contribution < -0.4 is 5.32 Å². The van der Waals surface area contributed by atoms with Gasteiger partial charge in [0.15, 0.2) is 0 Å². The highest BCUT2D eigenvalue weighted by atomic mass is 32.2. The maximum absolute atomic E-state index is 11.8. The van der Waals surface area contributed by atoms with Crippen molar-refractivity contribution in [1.82, 2.24) is 15.3 Å². The highest BCUT2D eigenvalue weighted by Gasteiger charge is 2.18. The van der Waals surface area contributed by atoms with E-state index in [0.29, 0.717) is 16.8 Å². The molecule has 1 aliphatic heterocycles. The summed E-state index contributed by atoms with van der Waals surface area (Å²) in [6.07, 6.45) is 7.04. The summed E-state index contributed by atoms with van der Waals surface area (Å²) in [5.74, 6) is 0.651. The van der Waals surface area contributed by atoms with Crippen LogP contribution in [0.3, 0.4) is 0 Å². The third-order valence-corrected chi connectivity index (χ3v) is 3.67. The molecule has 76 valence electrons. The standard InChI is InChI=1S/C9H13N3OS/c13-14(7-8-2-1-3-11-8)9-6-10-4-5-12-9/h4-6,8,11H,1-3,7H2/t8-,14-/m1/s1. The van der Waals surface area contributed by atoms with E-state index in [0.717, 1.165) is 13.0 Å². The Morgan fingerprint density at radius 1 is 1.57 bits per heavy atom. The summed E-state index contributed by atoms with van der Waals surface area (Å²) in [4.78, 5) is 7.93. The van der Waals surface area contributed by atoms with E-state index in [4.69, 9.17) is 0 Å². The van der Waals surface area contributed by atoms with Crippen molar-refractivity contribution in [3.63, 3.8) is 0 Å². The summed E-state index contributed by atoms with van der Waals surface area (Å²) >= 11 is 0. The SMILES string of the molecule is O=[S@](C[C@H]1CCCN1)c1cnccn1. The van der Waals surface area contributed by atoms with Gasteiger partial charge in [-0.2, -0.15) is 0 Å². The molecule has 4 nitrogen and oxygen atoms in total. The number of hydrogen-bond acceptors (Lipinski definition) is 4. The van der Waals surface area contributed by atoms with Gasteiger partial charge < -0.3 is 5.32 Å². The molecule has 2 heterocycles. The highest BCUT2D eigenvalue weighted by Crippen LogP contribution is 2.09. The van der Waals surface area contributed by atoms with Crippen molar-refractivity contribution in [3.8, 4) is 0 Å². The predicted molar refractivity (Wildman–Crippen MR) is 54.3 cm³/mol. The van der Waals surface area contributed by atoms with E-state index in [1.54, 1.807) is 18.6 Å². The van der Waals surface area contributed by atoms with Gasteiger partial charge in [0.1, 0.15) is 5.03 Å². The van der Waals surface area contributed by atoms with Crippen molar-refractivity contribution in [1.29, 1.82) is 0 Å². The van der Waals surface area contributed by atoms with Crippen LogP contribution in [0.5, 0.6) is 0 Å². The molecule has 0 unspecified atom stereocenters. The van der Waals surface area contributed by atoms with E-state index in [-0.39, 0.29) is 0 Å². The molecule has 0 bridgehead atoms. The van der Waals surface area contributed by atoms with Crippen molar-refractivity contribution >= 4 is 10.8 Å². The van der Waals surface area contributed by atoms with E-state index >= 15 is 0 Å². The summed E-state index contributed by atoms with van der Waals surface area (Å²) in [6.45, 7) is 1.04. The van der Waals surface area contributed by atoms with Gasteiger partial charge in [-0.3, -0.25) is 9.19 Å². The van der Waals surface area contributed by atoms with Crippen molar-refractivity contribution in [2.45, 2.75) is 23.9 Å². The van der Waals surface area contributed by atoms with Gasteiger partial charge in [0.25, 0.3) is 0 Å². The lowest BCUT2D eigenvalue weighted by atomic mass is 10.3. The van der Waals surface area contributed by atoms with E-state index < -0.39 is 10.8 Å². The molecule has 0 amide bonds. The summed E-state index contributed by atoms with van der Waals surface area (Å²) in [6, 6.07) is 0.387. The minimum Gasteiger partial charge on any atom is -0.313 e. The number of nitrogens with zero attached hydrogens (tertiary/aromatic N) is 2. The molecule has 0 aliphatic carbocycles. The van der Waals surface area contributed by atoms with Gasteiger partial charge in [-0.25, -0.2) is 4.98 Å². The third-order valence-electron chi connectivity index (χ3n) is 2.29. The molecule has 2 atom stereocenters. The van der Waals surface area contributed by atoms with E-state index in [2.05, 4.69) is 15.3 Å². The fraction of sp³-hybridized carbons (Fsp3) is 0.556. The van der Waals surface area contributed by atoms with Gasteiger partial charge in [-0.05, 0) is 19.4 Å². The second-order valence-electron chi connectivity index (χ2n) is 3.35. The first-order valence-electron chi connectivity index (χ1n) is 4.74. The van der Waals surface area contributed by atoms with E-state index in [9.17, 15) is 4.21 Å². The van der Waals surface area contributed by atoms with Gasteiger partial charge >= 0.3 is 0 Å². The van der Waals surface area contributed by atoms with Crippen molar-refractivity contribution < 1.29 is 4.21 Å². The monoisotopic (exact) mass is 211 g/mol. The Labute approximate surface area is 85.6 Å². The first-order valence-corrected chi connectivity index (χ1v) is 6.06. The van der Waals surface area contributed by atoms with E-state index in [1.807, 2.05) is 0 Å². The zero-order valence-corrected chi connectivity index (χ0v) is 8.67. The molecule has 5 heteroatoms. The van der Waals surface area contributed by atoms with Gasteiger partial charge in [0, 0.05) is 24.2 Å². The normalized spacial score (nSPS) is 23.6. The summed E-state index contributed by atoms with van der Waals surface area (Å²) in [5.41, 5.74) is 0. The Kier molecular flexibility index (Phi) is 3.21. The molecule has 2 rings (SSSR count). The van der Waals surface area contributed by atoms with Crippen LogP contribution in [0.25, 0.3) is 0 Å². The number of nitrogens with one attached hydrogen (secondary N) is 1. The molecule has 0 radical (unpaired) electrons. The number of rotatable bonds is 3. The molecule has 0 saturated carbocycles. The van der Waals surface area contributed by atoms with Gasteiger partial charge in [-0.15, -0.1) is 0 Å². The van der Waals surface area contributed by atoms with Crippen LogP contribution in [-0.4, -0.2) is 32.5 Å². The van der Waals surface area contributed by atoms with Crippen molar-refractivity contribution in [2.75, 3.05) is 12.3 Å². The molecule has 14 heavy (non-hydrogen) atoms. The van der Waals surface area contributed by atoms with Crippen LogP contribution in [0.15, 0.2) is 23.6 Å². The van der Waals surface area contributed by atoms with Crippen molar-refractivity contribution in [2.24, 2.45) is 0 Å². The zero-order valence-electron chi connectivity index (χ0n) is 7.85. The molecule has 1 aromatic rings. The molecule has 1 N–H and O–H groups in total. The molecule has 1 aromatic heterocycles. The Morgan fingerprint density at radius 2 is 2.50 bits per heavy atom. The highest BCUT2D eigenvalue weighted by molar-refractivity contribution is 7.85. The van der Waals surface area contributed by atoms with Crippen LogP contribution in [0.2, 0.25) is 0 Å². The van der Waals surface area contributed by atoms with Crippen LogP contribution in [0, 0.1) is 0 Å². The van der Waals surface area contributed by atoms with Gasteiger partial charge in [0.05, 0.1) is 17.0 Å². The van der Waals surface area contributed by atoms with Gasteiger partial charge in [0.2, 0.25) is 0 Å². The molecule has 1 fully saturated rings. The lowest BCUT2D eigenvalue weighted by Crippen LogP contribution is -2.27. The minimum atomic E-state index is -1.01. The van der Waals surface area contributed by atoms with Gasteiger partial charge in [-0.1, -0.05) is 0 Å². The zero-order chi connectivity index (χ0) is 9.80. The fourth-order valence-corrected chi connectivity index (χ4v) is 2.75. The Hall–Kier alpha value is -0.810.